The van der Waals surface area contributed by atoms with E-state index in [4.69, 9.17) is 8.83 Å². The predicted octanol–water partition coefficient (Wildman–Crippen LogP) is 3.35. The average Bonchev–Trinajstić information content (AvgIpc) is 3.08. The van der Waals surface area contributed by atoms with Gasteiger partial charge in [-0.2, -0.15) is 0 Å². The van der Waals surface area contributed by atoms with E-state index in [-0.39, 0.29) is 5.82 Å². The second-order valence-corrected chi connectivity index (χ2v) is 5.82. The molecule has 2 N–H and O–H groups in total. The van der Waals surface area contributed by atoms with Crippen LogP contribution in [0.3, 0.4) is 0 Å². The molecule has 3 rings (SSSR count). The van der Waals surface area contributed by atoms with Gasteiger partial charge in [0.15, 0.2) is 5.96 Å². The van der Waals surface area contributed by atoms with Crippen molar-refractivity contribution in [3.8, 4) is 0 Å². The first-order valence-electron chi connectivity index (χ1n) is 8.03. The Morgan fingerprint density at radius 2 is 1.92 bits per heavy atom. The minimum absolute atomic E-state index is 0.273. The Hall–Kier alpha value is -2.83. The van der Waals surface area contributed by atoms with Crippen LogP contribution in [0.5, 0.6) is 0 Å². The first-order valence-corrected chi connectivity index (χ1v) is 8.03. The molecule has 3 aromatic rings. The Balaban J connectivity index is 1.64. The number of guanidine groups is 1. The van der Waals surface area contributed by atoms with E-state index in [0.717, 1.165) is 28.2 Å². The highest BCUT2D eigenvalue weighted by molar-refractivity contribution is 5.83. The van der Waals surface area contributed by atoms with E-state index >= 15 is 0 Å². The highest BCUT2D eigenvalue weighted by atomic mass is 19.1. The van der Waals surface area contributed by atoms with Crippen LogP contribution in [0.25, 0.3) is 11.0 Å². The fourth-order valence-corrected chi connectivity index (χ4v) is 2.57. The summed E-state index contributed by atoms with van der Waals surface area (Å²) in [5.74, 6) is 2.48. The van der Waals surface area contributed by atoms with Crippen molar-refractivity contribution in [1.82, 2.24) is 15.6 Å². The lowest BCUT2D eigenvalue weighted by atomic mass is 10.1. The molecular weight excluding hydrogens is 323 g/mol. The molecular formula is C18H21FN4O2. The molecule has 0 saturated carbocycles. The molecule has 0 aliphatic carbocycles. The first kappa shape index (κ1) is 17.0. The van der Waals surface area contributed by atoms with Crippen molar-refractivity contribution in [1.29, 1.82) is 0 Å². The lowest BCUT2D eigenvalue weighted by Crippen LogP contribution is -2.36. The van der Waals surface area contributed by atoms with Gasteiger partial charge < -0.3 is 19.5 Å². The fraction of sp³-hybridized carbons (Fsp3) is 0.333. The zero-order chi connectivity index (χ0) is 18.0. The SMILES string of the molecule is CN=C(NCc1nc(C)c(C)o1)NCc1oc2ccc(F)cc2c1C. The number of aromatic nitrogens is 1. The Morgan fingerprint density at radius 3 is 2.60 bits per heavy atom. The molecule has 0 aliphatic rings. The van der Waals surface area contributed by atoms with Crippen LogP contribution in [-0.4, -0.2) is 18.0 Å². The third-order valence-corrected chi connectivity index (χ3v) is 4.12. The summed E-state index contributed by atoms with van der Waals surface area (Å²) in [5, 5.41) is 7.10. The Kier molecular flexibility index (Phi) is 4.74. The Morgan fingerprint density at radius 1 is 1.16 bits per heavy atom. The summed E-state index contributed by atoms with van der Waals surface area (Å²) in [6, 6.07) is 4.52. The standard InChI is InChI=1S/C18H21FN4O2/c1-10-14-7-13(19)5-6-15(14)25-16(10)8-21-18(20-4)22-9-17-23-11(2)12(3)24-17/h5-7H,8-9H2,1-4H3,(H2,20,21,22). The van der Waals surface area contributed by atoms with Crippen LogP contribution in [0.1, 0.15) is 28.7 Å². The highest BCUT2D eigenvalue weighted by Crippen LogP contribution is 2.25. The predicted molar refractivity (Wildman–Crippen MR) is 93.9 cm³/mol. The summed E-state index contributed by atoms with van der Waals surface area (Å²) < 4.78 is 24.7. The van der Waals surface area contributed by atoms with Crippen molar-refractivity contribution >= 4 is 16.9 Å². The molecule has 1 aromatic carbocycles. The molecule has 2 aromatic heterocycles. The van der Waals surface area contributed by atoms with Crippen LogP contribution in [0.4, 0.5) is 4.39 Å². The van der Waals surface area contributed by atoms with Gasteiger partial charge in [-0.1, -0.05) is 0 Å². The maximum absolute atomic E-state index is 13.4. The topological polar surface area (TPSA) is 75.6 Å². The van der Waals surface area contributed by atoms with Crippen molar-refractivity contribution in [2.45, 2.75) is 33.9 Å². The van der Waals surface area contributed by atoms with E-state index in [1.54, 1.807) is 13.1 Å². The van der Waals surface area contributed by atoms with E-state index in [2.05, 4.69) is 20.6 Å². The first-order chi connectivity index (χ1) is 12.0. The summed E-state index contributed by atoms with van der Waals surface area (Å²) in [7, 11) is 1.68. The molecule has 132 valence electrons. The van der Waals surface area contributed by atoms with E-state index in [1.807, 2.05) is 20.8 Å². The number of furan rings is 1. The number of rotatable bonds is 4. The summed E-state index contributed by atoms with van der Waals surface area (Å²) in [5.41, 5.74) is 2.46. The van der Waals surface area contributed by atoms with E-state index in [0.29, 0.717) is 30.5 Å². The number of oxazole rings is 1. The third kappa shape index (κ3) is 3.65. The van der Waals surface area contributed by atoms with Crippen molar-refractivity contribution in [2.75, 3.05) is 7.05 Å². The van der Waals surface area contributed by atoms with Gasteiger partial charge in [0.1, 0.15) is 22.9 Å². The smallest absolute Gasteiger partial charge is 0.214 e. The number of hydrogen-bond acceptors (Lipinski definition) is 4. The normalized spacial score (nSPS) is 12.0. The molecule has 0 spiro atoms. The molecule has 25 heavy (non-hydrogen) atoms. The number of aliphatic imine (C=N–C) groups is 1. The molecule has 0 fully saturated rings. The fourth-order valence-electron chi connectivity index (χ4n) is 2.57. The minimum atomic E-state index is -0.273. The van der Waals surface area contributed by atoms with Crippen LogP contribution in [0.15, 0.2) is 32.0 Å². The average molecular weight is 344 g/mol. The molecule has 6 nitrogen and oxygen atoms in total. The maximum Gasteiger partial charge on any atom is 0.214 e. The van der Waals surface area contributed by atoms with Gasteiger partial charge in [-0.3, -0.25) is 4.99 Å². The Bertz CT molecular complexity index is 907. The van der Waals surface area contributed by atoms with Gasteiger partial charge in [0.2, 0.25) is 5.89 Å². The van der Waals surface area contributed by atoms with Crippen LogP contribution in [0.2, 0.25) is 0 Å². The molecule has 0 atom stereocenters. The van der Waals surface area contributed by atoms with Crippen molar-refractivity contribution in [3.63, 3.8) is 0 Å². The van der Waals surface area contributed by atoms with Gasteiger partial charge in [-0.25, -0.2) is 9.37 Å². The molecule has 0 radical (unpaired) electrons. The second-order valence-electron chi connectivity index (χ2n) is 5.82. The number of halogens is 1. The van der Waals surface area contributed by atoms with Gasteiger partial charge in [0.25, 0.3) is 0 Å². The molecule has 0 saturated heterocycles. The van der Waals surface area contributed by atoms with Crippen molar-refractivity contribution in [3.05, 3.63) is 52.7 Å². The summed E-state index contributed by atoms with van der Waals surface area (Å²) in [6.07, 6.45) is 0. The van der Waals surface area contributed by atoms with Crippen LogP contribution in [0, 0.1) is 26.6 Å². The summed E-state index contributed by atoms with van der Waals surface area (Å²) >= 11 is 0. The van der Waals surface area contributed by atoms with Crippen LogP contribution in [-0.2, 0) is 13.1 Å². The molecule has 0 aliphatic heterocycles. The number of nitrogens with zero attached hydrogens (tertiary/aromatic N) is 2. The molecule has 0 bridgehead atoms. The number of aryl methyl sites for hydroxylation is 3. The number of nitrogens with one attached hydrogen (secondary N) is 2. The quantitative estimate of drug-likeness (QED) is 0.561. The summed E-state index contributed by atoms with van der Waals surface area (Å²) in [4.78, 5) is 8.49. The van der Waals surface area contributed by atoms with Gasteiger partial charge in [0, 0.05) is 18.0 Å². The molecule has 0 amide bonds. The number of benzene rings is 1. The monoisotopic (exact) mass is 344 g/mol. The van der Waals surface area contributed by atoms with Crippen molar-refractivity contribution < 1.29 is 13.2 Å². The number of fused-ring (bicyclic) bond motifs is 1. The largest absolute Gasteiger partial charge is 0.459 e. The van der Waals surface area contributed by atoms with E-state index in [1.165, 1.54) is 12.1 Å². The highest BCUT2D eigenvalue weighted by Gasteiger charge is 2.12. The lowest BCUT2D eigenvalue weighted by molar-refractivity contribution is 0.463. The lowest BCUT2D eigenvalue weighted by Gasteiger charge is -2.09. The second kappa shape index (κ2) is 6.96. The zero-order valence-corrected chi connectivity index (χ0v) is 14.7. The molecule has 2 heterocycles. The van der Waals surface area contributed by atoms with E-state index in [9.17, 15) is 4.39 Å². The summed E-state index contributed by atoms with van der Waals surface area (Å²) in [6.45, 7) is 6.57. The van der Waals surface area contributed by atoms with Gasteiger partial charge in [-0.15, -0.1) is 0 Å². The van der Waals surface area contributed by atoms with Crippen molar-refractivity contribution in [2.24, 2.45) is 4.99 Å². The van der Waals surface area contributed by atoms with Gasteiger partial charge >= 0.3 is 0 Å². The van der Waals surface area contributed by atoms with Crippen LogP contribution < -0.4 is 10.6 Å². The molecule has 7 heteroatoms. The van der Waals surface area contributed by atoms with E-state index < -0.39 is 0 Å². The number of hydrogen-bond donors (Lipinski definition) is 2. The minimum Gasteiger partial charge on any atom is -0.459 e. The molecule has 0 unspecified atom stereocenters. The zero-order valence-electron chi connectivity index (χ0n) is 14.7. The van der Waals surface area contributed by atoms with Gasteiger partial charge in [-0.05, 0) is 39.0 Å². The maximum atomic E-state index is 13.4. The van der Waals surface area contributed by atoms with Gasteiger partial charge in [0.05, 0.1) is 18.8 Å². The third-order valence-electron chi connectivity index (χ3n) is 4.12. The Labute approximate surface area is 145 Å². The van der Waals surface area contributed by atoms with Crippen LogP contribution >= 0.6 is 0 Å².